The summed E-state index contributed by atoms with van der Waals surface area (Å²) < 4.78 is 31.6. The van der Waals surface area contributed by atoms with Crippen LogP contribution in [0, 0.1) is 17.0 Å². The molecule has 0 aromatic heterocycles. The number of nitro groups is 1. The van der Waals surface area contributed by atoms with Crippen molar-refractivity contribution in [1.29, 1.82) is 0 Å². The smallest absolute Gasteiger partial charge is 0.264 e. The third kappa shape index (κ3) is 8.87. The van der Waals surface area contributed by atoms with Gasteiger partial charge in [-0.05, 0) is 18.6 Å². The molecule has 8 nitrogen and oxygen atoms in total. The van der Waals surface area contributed by atoms with Gasteiger partial charge in [0.15, 0.2) is 5.03 Å². The Bertz CT molecular complexity index is 450. The highest BCUT2D eigenvalue weighted by atomic mass is 32.3. The summed E-state index contributed by atoms with van der Waals surface area (Å²) in [5, 5.41) is 9.45. The highest BCUT2D eigenvalue weighted by Crippen LogP contribution is 2.11. The quantitative estimate of drug-likeness (QED) is 0.404. The second-order valence-electron chi connectivity index (χ2n) is 2.63. The lowest BCUT2D eigenvalue weighted by Gasteiger charge is -1.99. The van der Waals surface area contributed by atoms with Gasteiger partial charge in [0.1, 0.15) is 5.69 Å². The topological polar surface area (TPSA) is 130 Å². The van der Waals surface area contributed by atoms with E-state index in [-0.39, 0.29) is 0 Å². The number of hydrogen-bond acceptors (Lipinski definition) is 4. The average molecular weight is 250 g/mol. The van der Waals surface area contributed by atoms with E-state index in [0.717, 1.165) is 5.56 Å². The lowest BCUT2D eigenvalue weighted by atomic mass is 10.2. The number of nitrogens with one attached hydrogen (secondary N) is 1. The molecule has 0 bridgehead atoms. The fourth-order valence-corrected chi connectivity index (χ4v) is 0.797. The molecular formula is C7H10N2O6S. The van der Waals surface area contributed by atoms with Crippen LogP contribution in [0.4, 0.5) is 5.69 Å². The first kappa shape index (κ1) is 14.3. The van der Waals surface area contributed by atoms with Gasteiger partial charge in [-0.2, -0.15) is 8.42 Å². The Morgan fingerprint density at radius 1 is 1.31 bits per heavy atom. The van der Waals surface area contributed by atoms with Crippen molar-refractivity contribution >= 4 is 16.1 Å². The summed E-state index contributed by atoms with van der Waals surface area (Å²) in [6, 6.07) is 7.06. The molecule has 1 rings (SSSR count). The number of para-hydroxylation sites is 1. The molecule has 3 N–H and O–H groups in total. The van der Waals surface area contributed by atoms with E-state index in [1.807, 2.05) is 19.1 Å². The highest BCUT2D eigenvalue weighted by molar-refractivity contribution is 7.79. The molecule has 1 aromatic carbocycles. The van der Waals surface area contributed by atoms with Crippen molar-refractivity contribution in [3.63, 3.8) is 0 Å². The van der Waals surface area contributed by atoms with Crippen LogP contribution in [0.25, 0.3) is 0 Å². The molecule has 0 atom stereocenters. The van der Waals surface area contributed by atoms with Gasteiger partial charge in [0.2, 0.25) is 0 Å². The second-order valence-corrected chi connectivity index (χ2v) is 3.53. The van der Waals surface area contributed by atoms with Crippen molar-refractivity contribution in [2.24, 2.45) is 0 Å². The maximum absolute atomic E-state index is 10.0. The van der Waals surface area contributed by atoms with Gasteiger partial charge in [-0.3, -0.25) is 9.11 Å². The molecule has 0 fully saturated rings. The molecule has 0 aliphatic heterocycles. The molecule has 0 aliphatic carbocycles. The Hall–Kier alpha value is -1.71. The normalized spacial score (nSPS) is 9.94. The molecule has 16 heavy (non-hydrogen) atoms. The highest BCUT2D eigenvalue weighted by Gasteiger charge is 1.99. The van der Waals surface area contributed by atoms with Gasteiger partial charge in [0.25, 0.3) is 0 Å². The van der Waals surface area contributed by atoms with E-state index < -0.39 is 15.4 Å². The van der Waals surface area contributed by atoms with Gasteiger partial charge in [-0.1, -0.05) is 18.2 Å². The van der Waals surface area contributed by atoms with Crippen molar-refractivity contribution in [3.8, 4) is 0 Å². The van der Waals surface area contributed by atoms with Crippen molar-refractivity contribution < 1.29 is 22.6 Å². The first-order valence-corrected chi connectivity index (χ1v) is 5.26. The second kappa shape index (κ2) is 6.00. The zero-order valence-electron chi connectivity index (χ0n) is 8.19. The number of rotatable bonds is 2. The van der Waals surface area contributed by atoms with Crippen LogP contribution in [0.5, 0.6) is 0 Å². The van der Waals surface area contributed by atoms with Crippen LogP contribution in [0.2, 0.25) is 0 Å². The van der Waals surface area contributed by atoms with E-state index in [9.17, 15) is 10.1 Å². The molecule has 0 unspecified atom stereocenters. The Morgan fingerprint density at radius 2 is 1.75 bits per heavy atom. The predicted molar refractivity (Wildman–Crippen MR) is 56.0 cm³/mol. The Morgan fingerprint density at radius 3 is 2.12 bits per heavy atom. The summed E-state index contributed by atoms with van der Waals surface area (Å²) in [6.07, 6.45) is 0. The minimum Gasteiger partial charge on any atom is -0.264 e. The molecule has 1 aromatic rings. The molecule has 90 valence electrons. The standard InChI is InChI=1S/C7H8N2O2.H2O4S/c1-6-4-2-3-5-7(6)8-9(10)11;1-5(2,3)4/h2-5,8H,1H3;(H2,1,2,3,4). The van der Waals surface area contributed by atoms with E-state index in [4.69, 9.17) is 17.5 Å². The average Bonchev–Trinajstić information content (AvgIpc) is 2.05. The first-order valence-electron chi connectivity index (χ1n) is 3.86. The third-order valence-corrected chi connectivity index (χ3v) is 1.36. The van der Waals surface area contributed by atoms with Crippen LogP contribution < -0.4 is 5.43 Å². The van der Waals surface area contributed by atoms with Crippen LogP contribution in [0.15, 0.2) is 24.3 Å². The molecule has 0 aliphatic rings. The minimum absolute atomic E-state index is 0.539. The fourth-order valence-electron chi connectivity index (χ4n) is 0.797. The van der Waals surface area contributed by atoms with E-state index >= 15 is 0 Å². The summed E-state index contributed by atoms with van der Waals surface area (Å²) in [6.45, 7) is 1.81. The summed E-state index contributed by atoms with van der Waals surface area (Å²) in [5.41, 5.74) is 3.50. The zero-order chi connectivity index (χ0) is 12.8. The van der Waals surface area contributed by atoms with Crippen LogP contribution in [0.3, 0.4) is 0 Å². The maximum atomic E-state index is 10.0. The fraction of sp³-hybridized carbons (Fsp3) is 0.143. The molecule has 0 amide bonds. The van der Waals surface area contributed by atoms with Gasteiger partial charge in [0.05, 0.1) is 0 Å². The molecule has 9 heteroatoms. The monoisotopic (exact) mass is 250 g/mol. The molecule has 0 radical (unpaired) electrons. The number of hydrazine groups is 1. The van der Waals surface area contributed by atoms with Crippen molar-refractivity contribution in [3.05, 3.63) is 39.9 Å². The molecule has 0 saturated carbocycles. The number of hydrogen-bond donors (Lipinski definition) is 3. The molecule has 0 heterocycles. The van der Waals surface area contributed by atoms with Crippen molar-refractivity contribution in [2.45, 2.75) is 6.92 Å². The van der Waals surface area contributed by atoms with Crippen molar-refractivity contribution in [1.82, 2.24) is 0 Å². The largest absolute Gasteiger partial charge is 0.394 e. The first-order chi connectivity index (χ1) is 7.20. The van der Waals surface area contributed by atoms with Crippen LogP contribution in [-0.2, 0) is 10.4 Å². The maximum Gasteiger partial charge on any atom is 0.394 e. The van der Waals surface area contributed by atoms with Gasteiger partial charge < -0.3 is 0 Å². The summed E-state index contributed by atoms with van der Waals surface area (Å²) in [5.74, 6) is 0. The Balaban J connectivity index is 0.000000385. The molecule has 0 spiro atoms. The van der Waals surface area contributed by atoms with Crippen LogP contribution >= 0.6 is 0 Å². The minimum atomic E-state index is -4.67. The molecule has 0 saturated heterocycles. The number of anilines is 1. The number of benzene rings is 1. The lowest BCUT2D eigenvalue weighted by molar-refractivity contribution is -0.445. The Kier molecular flexibility index (Phi) is 5.36. The van der Waals surface area contributed by atoms with Gasteiger partial charge in [-0.15, -0.1) is 5.43 Å². The predicted octanol–water partition coefficient (Wildman–Crippen LogP) is 0.946. The van der Waals surface area contributed by atoms with E-state index in [1.165, 1.54) is 0 Å². The van der Waals surface area contributed by atoms with Gasteiger partial charge >= 0.3 is 10.4 Å². The van der Waals surface area contributed by atoms with E-state index in [0.29, 0.717) is 5.69 Å². The van der Waals surface area contributed by atoms with Gasteiger partial charge in [-0.25, -0.2) is 10.1 Å². The molecular weight excluding hydrogens is 240 g/mol. The SMILES string of the molecule is Cc1ccccc1N[N+](=O)[O-].O=S(=O)(O)O. The number of aryl methyl sites for hydroxylation is 1. The number of nitrogens with zero attached hydrogens (tertiary/aromatic N) is 1. The summed E-state index contributed by atoms with van der Waals surface area (Å²) in [4.78, 5) is 10.0. The lowest BCUT2D eigenvalue weighted by Crippen LogP contribution is -2.08. The van der Waals surface area contributed by atoms with Crippen molar-refractivity contribution in [2.75, 3.05) is 5.43 Å². The Labute approximate surface area is 91.6 Å². The van der Waals surface area contributed by atoms with E-state index in [2.05, 4.69) is 5.43 Å². The van der Waals surface area contributed by atoms with Gasteiger partial charge in [0, 0.05) is 0 Å². The third-order valence-electron chi connectivity index (χ3n) is 1.36. The van der Waals surface area contributed by atoms with Crippen LogP contribution in [0.1, 0.15) is 5.56 Å². The van der Waals surface area contributed by atoms with Crippen LogP contribution in [-0.4, -0.2) is 22.6 Å². The summed E-state index contributed by atoms with van der Waals surface area (Å²) >= 11 is 0. The zero-order valence-corrected chi connectivity index (χ0v) is 9.01. The summed E-state index contributed by atoms with van der Waals surface area (Å²) in [7, 11) is -4.67. The van der Waals surface area contributed by atoms with E-state index in [1.54, 1.807) is 12.1 Å².